The topological polar surface area (TPSA) is 46.2 Å². The summed E-state index contributed by atoms with van der Waals surface area (Å²) in [7, 11) is 2.30. The van der Waals surface area contributed by atoms with Gasteiger partial charge in [-0.1, -0.05) is 111 Å². The van der Waals surface area contributed by atoms with Crippen LogP contribution in [0.4, 0.5) is 0 Å². The van der Waals surface area contributed by atoms with E-state index in [0.29, 0.717) is 12.8 Å². The van der Waals surface area contributed by atoms with Crippen molar-refractivity contribution in [3.05, 3.63) is 97.1 Å². The van der Waals surface area contributed by atoms with Crippen LogP contribution in [-0.2, 0) is 23.4 Å². The minimum absolute atomic E-state index is 0.0173. The maximum atomic E-state index is 7.60. The molecule has 0 N–H and O–H groups in total. The number of ether oxygens (including phenoxy) is 4. The quantitative estimate of drug-likeness (QED) is 0.165. The fraction of sp³-hybridized carbons (Fsp3) is 0.471. The summed E-state index contributed by atoms with van der Waals surface area (Å²) in [6.07, 6.45) is 9.44. The Bertz CT molecular complexity index is 1040. The van der Waals surface area contributed by atoms with Gasteiger partial charge in [0.15, 0.2) is 6.29 Å². The summed E-state index contributed by atoms with van der Waals surface area (Å²) < 4.78 is 31.2. The molecule has 2 aromatic carbocycles. The first kappa shape index (κ1) is 32.2. The smallest absolute Gasteiger partial charge is 0.262 e. The van der Waals surface area contributed by atoms with E-state index in [-0.39, 0.29) is 35.7 Å². The maximum Gasteiger partial charge on any atom is 0.262 e. The van der Waals surface area contributed by atoms with E-state index in [2.05, 4.69) is 113 Å². The van der Waals surface area contributed by atoms with Crippen LogP contribution >= 0.6 is 0 Å². The van der Waals surface area contributed by atoms with E-state index < -0.39 is 8.32 Å². The second-order valence-electron chi connectivity index (χ2n) is 11.5. The molecule has 6 heteroatoms. The van der Waals surface area contributed by atoms with Gasteiger partial charge in [-0.3, -0.25) is 0 Å². The lowest BCUT2D eigenvalue weighted by Gasteiger charge is -2.47. The number of methoxy groups -OCH3 is 3. The van der Waals surface area contributed by atoms with E-state index in [1.54, 1.807) is 21.3 Å². The van der Waals surface area contributed by atoms with Crippen molar-refractivity contribution in [2.24, 2.45) is 0 Å². The molecular weight excluding hydrogens is 516 g/mol. The first-order chi connectivity index (χ1) is 19.2. The van der Waals surface area contributed by atoms with Gasteiger partial charge in [0, 0.05) is 34.2 Å². The van der Waals surface area contributed by atoms with E-state index in [1.165, 1.54) is 10.4 Å². The van der Waals surface area contributed by atoms with Gasteiger partial charge in [-0.2, -0.15) is 0 Å². The molecular formula is C34H48O5Si. The molecule has 0 spiro atoms. The maximum absolute atomic E-state index is 7.60. The lowest BCUT2D eigenvalue weighted by molar-refractivity contribution is -0.220. The van der Waals surface area contributed by atoms with Gasteiger partial charge in [-0.05, 0) is 28.8 Å². The van der Waals surface area contributed by atoms with E-state index >= 15 is 0 Å². The standard InChI is InChI=1S/C34H48O5Si/c1-9-16-27(35-6)22-21-26(2)23-32(31-24-28(36-7)25-33(37-8)38-31)39-40(34(3,4)5,29-17-12-10-13-18-29)30-19-14-11-15-20-30/h9-15,17-23,27-28,31-33H,1,16,24-25H2,2-8H3/b22-21+,26-23+/t27-,28-,31-,32-,33-/m1/s1. The molecule has 40 heavy (non-hydrogen) atoms. The summed E-state index contributed by atoms with van der Waals surface area (Å²) in [4.78, 5) is 0. The molecule has 1 aliphatic heterocycles. The van der Waals surface area contributed by atoms with E-state index in [4.69, 9.17) is 23.4 Å². The van der Waals surface area contributed by atoms with Crippen LogP contribution in [0.15, 0.2) is 97.1 Å². The van der Waals surface area contributed by atoms with E-state index in [9.17, 15) is 0 Å². The highest BCUT2D eigenvalue weighted by atomic mass is 28.4. The van der Waals surface area contributed by atoms with Crippen LogP contribution in [0.2, 0.25) is 5.04 Å². The third kappa shape index (κ3) is 7.90. The third-order valence-corrected chi connectivity index (χ3v) is 12.7. The number of hydrogen-bond donors (Lipinski definition) is 0. The first-order valence-corrected chi connectivity index (χ1v) is 16.1. The monoisotopic (exact) mass is 564 g/mol. The van der Waals surface area contributed by atoms with Crippen molar-refractivity contribution in [3.63, 3.8) is 0 Å². The Balaban J connectivity index is 2.17. The lowest BCUT2D eigenvalue weighted by Crippen LogP contribution is -2.68. The zero-order valence-corrected chi connectivity index (χ0v) is 26.3. The number of benzene rings is 2. The minimum atomic E-state index is -2.86. The summed E-state index contributed by atoms with van der Waals surface area (Å²) in [5.74, 6) is 0. The Morgan fingerprint density at radius 3 is 2.05 bits per heavy atom. The van der Waals surface area contributed by atoms with Crippen molar-refractivity contribution in [2.75, 3.05) is 21.3 Å². The number of rotatable bonds is 13. The van der Waals surface area contributed by atoms with Crippen LogP contribution in [-0.4, -0.2) is 60.4 Å². The largest absolute Gasteiger partial charge is 0.398 e. The fourth-order valence-corrected chi connectivity index (χ4v) is 10.2. The number of allylic oxidation sites excluding steroid dienone is 2. The molecule has 0 aliphatic carbocycles. The lowest BCUT2D eigenvalue weighted by atomic mass is 9.99. The normalized spacial score (nSPS) is 22.3. The van der Waals surface area contributed by atoms with Gasteiger partial charge in [-0.15, -0.1) is 6.58 Å². The predicted octanol–water partition coefficient (Wildman–Crippen LogP) is 6.19. The Labute approximate surface area is 243 Å². The van der Waals surface area contributed by atoms with E-state index in [1.807, 2.05) is 6.08 Å². The molecule has 0 aromatic heterocycles. The van der Waals surface area contributed by atoms with Crippen LogP contribution in [0.1, 0.15) is 47.0 Å². The summed E-state index contributed by atoms with van der Waals surface area (Å²) in [6.45, 7) is 12.8. The molecule has 2 aromatic rings. The SMILES string of the molecule is C=CC[C@H](/C=C/C(C)=C/[C@@H](O[Si](c1ccccc1)(c1ccccc1)C(C)(C)C)[C@H]1C[C@@H](OC)C[C@H](OC)O1)OC. The van der Waals surface area contributed by atoms with Crippen molar-refractivity contribution in [2.45, 2.75) is 82.7 Å². The van der Waals surface area contributed by atoms with Crippen molar-refractivity contribution < 1.29 is 23.4 Å². The Morgan fingerprint density at radius 1 is 0.975 bits per heavy atom. The summed E-state index contributed by atoms with van der Waals surface area (Å²) >= 11 is 0. The average molecular weight is 565 g/mol. The molecule has 3 rings (SSSR count). The molecule has 1 heterocycles. The van der Waals surface area contributed by atoms with Gasteiger partial charge < -0.3 is 23.4 Å². The van der Waals surface area contributed by atoms with Gasteiger partial charge in [0.1, 0.15) is 0 Å². The van der Waals surface area contributed by atoms with Gasteiger partial charge >= 0.3 is 0 Å². The molecule has 5 nitrogen and oxygen atoms in total. The van der Waals surface area contributed by atoms with E-state index in [0.717, 1.165) is 12.0 Å². The predicted molar refractivity (Wildman–Crippen MR) is 167 cm³/mol. The summed E-state index contributed by atoms with van der Waals surface area (Å²) in [5.41, 5.74) is 1.08. The molecule has 0 saturated carbocycles. The molecule has 0 bridgehead atoms. The average Bonchev–Trinajstić information content (AvgIpc) is 2.97. The van der Waals surface area contributed by atoms with Crippen LogP contribution < -0.4 is 10.4 Å². The van der Waals surface area contributed by atoms with Crippen molar-refractivity contribution in [3.8, 4) is 0 Å². The fourth-order valence-electron chi connectivity index (χ4n) is 5.54. The summed E-state index contributed by atoms with van der Waals surface area (Å²) in [5, 5.41) is 2.29. The van der Waals surface area contributed by atoms with Gasteiger partial charge in [0.05, 0.1) is 24.4 Å². The minimum Gasteiger partial charge on any atom is -0.398 e. The number of hydrogen-bond acceptors (Lipinski definition) is 5. The van der Waals surface area contributed by atoms with Crippen LogP contribution in [0.25, 0.3) is 0 Å². The van der Waals surface area contributed by atoms with Gasteiger partial charge in [0.2, 0.25) is 0 Å². The Kier molecular flexibility index (Phi) is 12.1. The molecule has 1 fully saturated rings. The molecule has 1 saturated heterocycles. The molecule has 218 valence electrons. The molecule has 5 atom stereocenters. The zero-order chi connectivity index (χ0) is 29.2. The van der Waals surface area contributed by atoms with Crippen molar-refractivity contribution >= 4 is 18.7 Å². The highest BCUT2D eigenvalue weighted by Crippen LogP contribution is 2.39. The van der Waals surface area contributed by atoms with Crippen LogP contribution in [0, 0.1) is 0 Å². The highest BCUT2D eigenvalue weighted by molar-refractivity contribution is 6.99. The Hall–Kier alpha value is -2.32. The second-order valence-corrected chi connectivity index (χ2v) is 15.7. The first-order valence-electron chi connectivity index (χ1n) is 14.2. The third-order valence-electron chi connectivity index (χ3n) is 7.67. The molecule has 0 amide bonds. The van der Waals surface area contributed by atoms with Crippen LogP contribution in [0.5, 0.6) is 0 Å². The second kappa shape index (κ2) is 15.1. The zero-order valence-electron chi connectivity index (χ0n) is 25.3. The van der Waals surface area contributed by atoms with Gasteiger partial charge in [0.25, 0.3) is 8.32 Å². The summed E-state index contributed by atoms with van der Waals surface area (Å²) in [6, 6.07) is 21.4. The van der Waals surface area contributed by atoms with Gasteiger partial charge in [-0.25, -0.2) is 0 Å². The van der Waals surface area contributed by atoms with Crippen molar-refractivity contribution in [1.29, 1.82) is 0 Å². The molecule has 0 radical (unpaired) electrons. The Morgan fingerprint density at radius 2 is 1.57 bits per heavy atom. The molecule has 0 unspecified atom stereocenters. The van der Waals surface area contributed by atoms with Crippen molar-refractivity contribution in [1.82, 2.24) is 0 Å². The molecule has 1 aliphatic rings. The van der Waals surface area contributed by atoms with Crippen LogP contribution in [0.3, 0.4) is 0 Å². The highest BCUT2D eigenvalue weighted by Gasteiger charge is 2.52.